The number of anilines is 2. The zero-order chi connectivity index (χ0) is 19.9. The number of nitrogens with one attached hydrogen (secondary N) is 3. The van der Waals surface area contributed by atoms with Crippen LogP contribution in [-0.2, 0) is 11.2 Å². The van der Waals surface area contributed by atoms with E-state index in [1.807, 2.05) is 0 Å². The van der Waals surface area contributed by atoms with Crippen molar-refractivity contribution in [1.29, 1.82) is 0 Å². The van der Waals surface area contributed by atoms with E-state index in [9.17, 15) is 14.4 Å². The number of hydrogen-bond donors (Lipinski definition) is 3. The van der Waals surface area contributed by atoms with Gasteiger partial charge in [-0.3, -0.25) is 19.7 Å². The van der Waals surface area contributed by atoms with Crippen molar-refractivity contribution in [3.63, 3.8) is 0 Å². The molecule has 0 bridgehead atoms. The van der Waals surface area contributed by atoms with Gasteiger partial charge in [-0.25, -0.2) is 4.98 Å². The molecule has 0 atom stereocenters. The lowest BCUT2D eigenvalue weighted by atomic mass is 10.2. The van der Waals surface area contributed by atoms with E-state index in [2.05, 4.69) is 20.6 Å². The first-order valence-electron chi connectivity index (χ1n) is 8.42. The number of carbonyl (C=O) groups is 2. The molecule has 8 nitrogen and oxygen atoms in total. The van der Waals surface area contributed by atoms with Gasteiger partial charge in [-0.1, -0.05) is 6.07 Å². The maximum absolute atomic E-state index is 12.1. The minimum Gasteiger partial charge on any atom is -0.497 e. The summed E-state index contributed by atoms with van der Waals surface area (Å²) in [7, 11) is 1.57. The fourth-order valence-corrected chi connectivity index (χ4v) is 3.11. The topological polar surface area (TPSA) is 113 Å². The molecular weight excluding hydrogens is 380 g/mol. The molecule has 0 radical (unpaired) electrons. The van der Waals surface area contributed by atoms with Crippen LogP contribution in [0.1, 0.15) is 22.5 Å². The van der Waals surface area contributed by atoms with Gasteiger partial charge in [0.25, 0.3) is 5.91 Å². The van der Waals surface area contributed by atoms with E-state index >= 15 is 0 Å². The third-order valence-corrected chi connectivity index (χ3v) is 4.59. The van der Waals surface area contributed by atoms with E-state index < -0.39 is 0 Å². The Balaban J connectivity index is 1.51. The molecule has 3 rings (SSSR count). The molecule has 0 aliphatic rings. The van der Waals surface area contributed by atoms with Crippen molar-refractivity contribution in [2.24, 2.45) is 0 Å². The summed E-state index contributed by atoms with van der Waals surface area (Å²) >= 11 is 1.27. The number of amides is 2. The zero-order valence-electron chi connectivity index (χ0n) is 15.0. The average Bonchev–Trinajstić information content (AvgIpc) is 3.14. The van der Waals surface area contributed by atoms with Gasteiger partial charge in [0, 0.05) is 35.8 Å². The monoisotopic (exact) mass is 398 g/mol. The van der Waals surface area contributed by atoms with Gasteiger partial charge >= 0.3 is 0 Å². The van der Waals surface area contributed by atoms with E-state index in [1.165, 1.54) is 29.7 Å². The Morgan fingerprint density at radius 1 is 1.21 bits per heavy atom. The summed E-state index contributed by atoms with van der Waals surface area (Å²) in [4.78, 5) is 42.0. The summed E-state index contributed by atoms with van der Waals surface area (Å²) < 4.78 is 5.13. The number of rotatable bonds is 7. The molecule has 3 N–H and O–H groups in total. The first-order valence-corrected chi connectivity index (χ1v) is 9.30. The maximum Gasteiger partial charge on any atom is 0.258 e. The Kier molecular flexibility index (Phi) is 6.18. The highest BCUT2D eigenvalue weighted by Crippen LogP contribution is 2.19. The van der Waals surface area contributed by atoms with Gasteiger partial charge in [-0.2, -0.15) is 0 Å². The number of aryl methyl sites for hydroxylation is 1. The molecule has 2 heterocycles. The number of ether oxygens (including phenoxy) is 1. The molecule has 0 unspecified atom stereocenters. The van der Waals surface area contributed by atoms with Crippen molar-refractivity contribution in [3.8, 4) is 5.75 Å². The van der Waals surface area contributed by atoms with E-state index in [4.69, 9.17) is 4.74 Å². The highest BCUT2D eigenvalue weighted by Gasteiger charge is 2.11. The van der Waals surface area contributed by atoms with Crippen molar-refractivity contribution in [1.82, 2.24) is 9.97 Å². The normalized spacial score (nSPS) is 10.3. The second kappa shape index (κ2) is 8.96. The molecule has 0 spiro atoms. The second-order valence-electron chi connectivity index (χ2n) is 5.82. The number of pyridine rings is 1. The van der Waals surface area contributed by atoms with Crippen LogP contribution in [0.2, 0.25) is 0 Å². The Morgan fingerprint density at radius 2 is 2.07 bits per heavy atom. The van der Waals surface area contributed by atoms with Crippen LogP contribution >= 0.6 is 11.3 Å². The number of aromatic amines is 1. The lowest BCUT2D eigenvalue weighted by Gasteiger charge is -2.06. The van der Waals surface area contributed by atoms with Gasteiger partial charge in [0.2, 0.25) is 11.5 Å². The predicted octanol–water partition coefficient (Wildman–Crippen LogP) is 2.66. The number of nitrogens with zero attached hydrogens (tertiary/aromatic N) is 1. The summed E-state index contributed by atoms with van der Waals surface area (Å²) in [6.45, 7) is 0. The van der Waals surface area contributed by atoms with Crippen LogP contribution in [-0.4, -0.2) is 28.9 Å². The van der Waals surface area contributed by atoms with Crippen molar-refractivity contribution >= 4 is 34.0 Å². The van der Waals surface area contributed by atoms with Gasteiger partial charge < -0.3 is 15.0 Å². The number of carbonyl (C=O) groups excluding carboxylic acids is 2. The molecule has 0 saturated heterocycles. The Bertz CT molecular complexity index is 1020. The van der Waals surface area contributed by atoms with E-state index in [1.54, 1.807) is 36.8 Å². The smallest absolute Gasteiger partial charge is 0.258 e. The van der Waals surface area contributed by atoms with Crippen molar-refractivity contribution < 1.29 is 14.3 Å². The van der Waals surface area contributed by atoms with E-state index in [0.717, 1.165) is 0 Å². The van der Waals surface area contributed by atoms with Crippen molar-refractivity contribution in [3.05, 3.63) is 69.6 Å². The Morgan fingerprint density at radius 3 is 2.82 bits per heavy atom. The van der Waals surface area contributed by atoms with Crippen molar-refractivity contribution in [2.75, 3.05) is 17.7 Å². The molecular formula is C19H18N4O4S. The van der Waals surface area contributed by atoms with Crippen LogP contribution in [0.15, 0.2) is 52.8 Å². The summed E-state index contributed by atoms with van der Waals surface area (Å²) in [6.07, 6.45) is 2.05. The quantitative estimate of drug-likeness (QED) is 0.566. The highest BCUT2D eigenvalue weighted by atomic mass is 32.1. The molecule has 2 aromatic heterocycles. The fraction of sp³-hybridized carbons (Fsp3) is 0.158. The van der Waals surface area contributed by atoms with Gasteiger partial charge in [-0.05, 0) is 24.6 Å². The van der Waals surface area contributed by atoms with Gasteiger partial charge in [0.1, 0.15) is 5.75 Å². The largest absolute Gasteiger partial charge is 0.497 e. The molecule has 2 amide bonds. The molecule has 9 heteroatoms. The lowest BCUT2D eigenvalue weighted by Crippen LogP contribution is -2.14. The molecule has 0 aliphatic carbocycles. The van der Waals surface area contributed by atoms with Crippen LogP contribution in [0.5, 0.6) is 5.75 Å². The average molecular weight is 398 g/mol. The molecule has 0 aliphatic heterocycles. The number of hydrogen-bond acceptors (Lipinski definition) is 6. The predicted molar refractivity (Wildman–Crippen MR) is 107 cm³/mol. The second-order valence-corrected chi connectivity index (χ2v) is 6.68. The molecule has 0 fully saturated rings. The Labute approximate surface area is 164 Å². The van der Waals surface area contributed by atoms with Crippen LogP contribution in [0.4, 0.5) is 10.8 Å². The first kappa shape index (κ1) is 19.3. The van der Waals surface area contributed by atoms with Gasteiger partial charge in [0.05, 0.1) is 18.4 Å². The maximum atomic E-state index is 12.1. The summed E-state index contributed by atoms with van der Waals surface area (Å²) in [6, 6.07) is 9.84. The number of benzene rings is 1. The molecule has 1 aromatic carbocycles. The van der Waals surface area contributed by atoms with Crippen molar-refractivity contribution in [2.45, 2.75) is 12.8 Å². The first-order chi connectivity index (χ1) is 13.5. The van der Waals surface area contributed by atoms with E-state index in [0.29, 0.717) is 34.2 Å². The highest BCUT2D eigenvalue weighted by molar-refractivity contribution is 7.14. The van der Waals surface area contributed by atoms with Crippen LogP contribution < -0.4 is 20.9 Å². The molecule has 144 valence electrons. The van der Waals surface area contributed by atoms with Crippen LogP contribution in [0.3, 0.4) is 0 Å². The van der Waals surface area contributed by atoms with Gasteiger partial charge in [0.15, 0.2) is 5.13 Å². The summed E-state index contributed by atoms with van der Waals surface area (Å²) in [5.74, 6) is 0.160. The van der Waals surface area contributed by atoms with E-state index in [-0.39, 0.29) is 23.8 Å². The fourth-order valence-electron chi connectivity index (χ4n) is 2.37. The number of thiazole rings is 1. The van der Waals surface area contributed by atoms with Crippen LogP contribution in [0.25, 0.3) is 0 Å². The van der Waals surface area contributed by atoms with Crippen LogP contribution in [0, 0.1) is 0 Å². The molecule has 28 heavy (non-hydrogen) atoms. The minimum atomic E-state index is -0.368. The summed E-state index contributed by atoms with van der Waals surface area (Å²) in [5.41, 5.74) is 1.42. The third kappa shape index (κ3) is 5.27. The minimum absolute atomic E-state index is 0.139. The molecule has 0 saturated carbocycles. The number of aromatic nitrogens is 2. The standard InChI is InChI=1S/C19H18N4O4S/c1-27-15-4-2-3-13(9-15)21-17(25)8-6-14-11-28-19(22-14)23-18(26)12-5-7-16(24)20-10-12/h2-5,7,9-11H,6,8H2,1H3,(H,20,24)(H,21,25)(H,22,23,26). The number of H-pyrrole nitrogens is 1. The SMILES string of the molecule is COc1cccc(NC(=O)CCc2csc(NC(=O)c3ccc(=O)[nH]c3)n2)c1. The lowest BCUT2D eigenvalue weighted by molar-refractivity contribution is -0.116. The van der Waals surface area contributed by atoms with Gasteiger partial charge in [-0.15, -0.1) is 11.3 Å². The number of methoxy groups -OCH3 is 1. The molecule has 3 aromatic rings. The summed E-state index contributed by atoms with van der Waals surface area (Å²) in [5, 5.41) is 7.70. The zero-order valence-corrected chi connectivity index (χ0v) is 15.8. The Hall–Kier alpha value is -3.46. The third-order valence-electron chi connectivity index (χ3n) is 3.78.